The third-order valence-corrected chi connectivity index (χ3v) is 2.46. The summed E-state index contributed by atoms with van der Waals surface area (Å²) in [6, 6.07) is 0. The molecule has 2 atom stereocenters. The van der Waals surface area contributed by atoms with E-state index >= 15 is 0 Å². The molecule has 0 radical (unpaired) electrons. The highest BCUT2D eigenvalue weighted by Crippen LogP contribution is 2.30. The highest BCUT2D eigenvalue weighted by Gasteiger charge is 2.40. The van der Waals surface area contributed by atoms with E-state index in [4.69, 9.17) is 4.74 Å². The second-order valence-corrected chi connectivity index (χ2v) is 3.51. The predicted octanol–water partition coefficient (Wildman–Crippen LogP) is 2.52. The van der Waals surface area contributed by atoms with Crippen molar-refractivity contribution in [3.05, 3.63) is 0 Å². The van der Waals surface area contributed by atoms with Crippen LogP contribution in [0.25, 0.3) is 0 Å². The molecule has 0 bridgehead atoms. The first kappa shape index (κ1) is 9.56. The van der Waals surface area contributed by atoms with E-state index in [9.17, 15) is 4.79 Å². The van der Waals surface area contributed by atoms with Gasteiger partial charge < -0.3 is 4.74 Å². The lowest BCUT2D eigenvalue weighted by Crippen LogP contribution is -2.44. The standard InChI is InChI=1S/C10H18O2/c1-3-5-7-9-8(6-4-2)10(11)12-9/h8-9H,3-7H2,1-2H3/t8-,9-/m0/s1. The first-order valence-electron chi connectivity index (χ1n) is 5.00. The monoisotopic (exact) mass is 170 g/mol. The molecule has 0 spiro atoms. The van der Waals surface area contributed by atoms with Crippen molar-refractivity contribution in [3.63, 3.8) is 0 Å². The number of hydrogen-bond donors (Lipinski definition) is 0. The highest BCUT2D eigenvalue weighted by molar-refractivity contribution is 5.78. The molecule has 0 saturated carbocycles. The Labute approximate surface area is 74.3 Å². The minimum absolute atomic E-state index is 0.0259. The first-order valence-corrected chi connectivity index (χ1v) is 5.00. The van der Waals surface area contributed by atoms with E-state index in [-0.39, 0.29) is 18.0 Å². The van der Waals surface area contributed by atoms with Crippen LogP contribution in [-0.4, -0.2) is 12.1 Å². The third kappa shape index (κ3) is 1.99. The summed E-state index contributed by atoms with van der Waals surface area (Å²) >= 11 is 0. The highest BCUT2D eigenvalue weighted by atomic mass is 16.6. The minimum atomic E-state index is 0.0259. The quantitative estimate of drug-likeness (QED) is 0.593. The van der Waals surface area contributed by atoms with Gasteiger partial charge >= 0.3 is 5.97 Å². The summed E-state index contributed by atoms with van der Waals surface area (Å²) in [5.41, 5.74) is 0. The van der Waals surface area contributed by atoms with Gasteiger partial charge in [0.2, 0.25) is 0 Å². The fraction of sp³-hybridized carbons (Fsp3) is 0.900. The topological polar surface area (TPSA) is 26.3 Å². The van der Waals surface area contributed by atoms with Crippen LogP contribution in [0.2, 0.25) is 0 Å². The average molecular weight is 170 g/mol. The zero-order valence-electron chi connectivity index (χ0n) is 8.01. The van der Waals surface area contributed by atoms with Crippen LogP contribution in [-0.2, 0) is 9.53 Å². The molecule has 1 aliphatic heterocycles. The van der Waals surface area contributed by atoms with Gasteiger partial charge in [-0.25, -0.2) is 0 Å². The van der Waals surface area contributed by atoms with Crippen molar-refractivity contribution in [2.24, 2.45) is 5.92 Å². The minimum Gasteiger partial charge on any atom is -0.461 e. The van der Waals surface area contributed by atoms with Crippen molar-refractivity contribution >= 4 is 5.97 Å². The summed E-state index contributed by atoms with van der Waals surface area (Å²) in [5.74, 6) is 0.250. The van der Waals surface area contributed by atoms with Crippen molar-refractivity contribution in [2.45, 2.75) is 52.1 Å². The normalized spacial score (nSPS) is 28.0. The lowest BCUT2D eigenvalue weighted by Gasteiger charge is -2.35. The number of unbranched alkanes of at least 4 members (excludes halogenated alkanes) is 1. The Morgan fingerprint density at radius 1 is 1.25 bits per heavy atom. The number of cyclic esters (lactones) is 1. The van der Waals surface area contributed by atoms with Crippen LogP contribution in [0.1, 0.15) is 46.0 Å². The zero-order valence-corrected chi connectivity index (χ0v) is 8.01. The van der Waals surface area contributed by atoms with E-state index in [0.29, 0.717) is 0 Å². The van der Waals surface area contributed by atoms with Crippen LogP contribution in [0.3, 0.4) is 0 Å². The zero-order chi connectivity index (χ0) is 8.97. The fourth-order valence-corrected chi connectivity index (χ4v) is 1.68. The molecule has 0 aromatic heterocycles. The molecule has 1 rings (SSSR count). The van der Waals surface area contributed by atoms with E-state index in [1.165, 1.54) is 12.8 Å². The lowest BCUT2D eigenvalue weighted by molar-refractivity contribution is -0.186. The molecule has 0 N–H and O–H groups in total. The van der Waals surface area contributed by atoms with Gasteiger partial charge in [-0.15, -0.1) is 0 Å². The van der Waals surface area contributed by atoms with Gasteiger partial charge in [-0.2, -0.15) is 0 Å². The number of hydrogen-bond acceptors (Lipinski definition) is 2. The van der Waals surface area contributed by atoms with Crippen LogP contribution >= 0.6 is 0 Å². The Morgan fingerprint density at radius 3 is 2.50 bits per heavy atom. The predicted molar refractivity (Wildman–Crippen MR) is 47.8 cm³/mol. The molecule has 1 saturated heterocycles. The second-order valence-electron chi connectivity index (χ2n) is 3.51. The molecule has 12 heavy (non-hydrogen) atoms. The maximum absolute atomic E-state index is 11.0. The van der Waals surface area contributed by atoms with E-state index < -0.39 is 0 Å². The summed E-state index contributed by atoms with van der Waals surface area (Å²) in [4.78, 5) is 11.0. The summed E-state index contributed by atoms with van der Waals surface area (Å²) < 4.78 is 5.07. The van der Waals surface area contributed by atoms with Gasteiger partial charge in [0.15, 0.2) is 0 Å². The SMILES string of the molecule is CCCC[C@@H]1OC(=O)[C@H]1CCC. The van der Waals surface area contributed by atoms with Gasteiger partial charge in [0.25, 0.3) is 0 Å². The Hall–Kier alpha value is -0.530. The molecule has 0 aromatic carbocycles. The summed E-state index contributed by atoms with van der Waals surface area (Å²) in [5, 5.41) is 0. The number of esters is 1. The Bertz CT molecular complexity index is 154. The molecule has 0 aromatic rings. The van der Waals surface area contributed by atoms with Crippen molar-refractivity contribution in [1.29, 1.82) is 0 Å². The molecule has 1 fully saturated rings. The van der Waals surface area contributed by atoms with Gasteiger partial charge in [0.05, 0.1) is 5.92 Å². The van der Waals surface area contributed by atoms with Crippen LogP contribution < -0.4 is 0 Å². The van der Waals surface area contributed by atoms with Gasteiger partial charge in [-0.3, -0.25) is 4.79 Å². The Kier molecular flexibility index (Phi) is 3.57. The molecule has 0 unspecified atom stereocenters. The number of carbonyl (C=O) groups excluding carboxylic acids is 1. The molecular formula is C10H18O2. The average Bonchev–Trinajstić information content (AvgIpc) is 2.08. The first-order chi connectivity index (χ1) is 5.79. The number of carbonyl (C=O) groups is 1. The van der Waals surface area contributed by atoms with Gasteiger partial charge in [0, 0.05) is 0 Å². The Morgan fingerprint density at radius 2 is 2.00 bits per heavy atom. The van der Waals surface area contributed by atoms with Gasteiger partial charge in [0.1, 0.15) is 6.10 Å². The summed E-state index contributed by atoms with van der Waals surface area (Å²) in [7, 11) is 0. The summed E-state index contributed by atoms with van der Waals surface area (Å²) in [6.45, 7) is 4.28. The van der Waals surface area contributed by atoms with Gasteiger partial charge in [-0.1, -0.05) is 33.1 Å². The lowest BCUT2D eigenvalue weighted by atomic mass is 9.89. The molecule has 0 amide bonds. The molecule has 2 nitrogen and oxygen atoms in total. The van der Waals surface area contributed by atoms with E-state index in [0.717, 1.165) is 19.3 Å². The fourth-order valence-electron chi connectivity index (χ4n) is 1.68. The van der Waals surface area contributed by atoms with Crippen molar-refractivity contribution < 1.29 is 9.53 Å². The summed E-state index contributed by atoms with van der Waals surface area (Å²) in [6.07, 6.45) is 5.77. The molecule has 1 aliphatic rings. The largest absolute Gasteiger partial charge is 0.461 e. The van der Waals surface area contributed by atoms with Crippen LogP contribution in [0.4, 0.5) is 0 Å². The molecular weight excluding hydrogens is 152 g/mol. The molecule has 2 heteroatoms. The smallest absolute Gasteiger partial charge is 0.313 e. The molecule has 1 heterocycles. The van der Waals surface area contributed by atoms with Crippen LogP contribution in [0.5, 0.6) is 0 Å². The van der Waals surface area contributed by atoms with Crippen molar-refractivity contribution in [3.8, 4) is 0 Å². The Balaban J connectivity index is 2.22. The van der Waals surface area contributed by atoms with E-state index in [2.05, 4.69) is 13.8 Å². The maximum atomic E-state index is 11.0. The van der Waals surface area contributed by atoms with E-state index in [1.807, 2.05) is 0 Å². The van der Waals surface area contributed by atoms with Crippen LogP contribution in [0, 0.1) is 5.92 Å². The number of rotatable bonds is 5. The van der Waals surface area contributed by atoms with Gasteiger partial charge in [-0.05, 0) is 12.8 Å². The van der Waals surface area contributed by atoms with Crippen molar-refractivity contribution in [2.75, 3.05) is 0 Å². The molecule has 0 aliphatic carbocycles. The number of ether oxygens (including phenoxy) is 1. The second kappa shape index (κ2) is 4.48. The molecule has 70 valence electrons. The van der Waals surface area contributed by atoms with Crippen LogP contribution in [0.15, 0.2) is 0 Å². The van der Waals surface area contributed by atoms with Crippen molar-refractivity contribution in [1.82, 2.24) is 0 Å². The maximum Gasteiger partial charge on any atom is 0.313 e. The van der Waals surface area contributed by atoms with E-state index in [1.54, 1.807) is 0 Å². The third-order valence-electron chi connectivity index (χ3n) is 2.46.